The van der Waals surface area contributed by atoms with E-state index in [0.717, 1.165) is 25.7 Å². The van der Waals surface area contributed by atoms with Crippen molar-refractivity contribution in [1.82, 2.24) is 0 Å². The molecule has 0 aromatic heterocycles. The number of carbonyl (C=O) groups is 2. The van der Waals surface area contributed by atoms with Crippen molar-refractivity contribution in [2.24, 2.45) is 0 Å². The van der Waals surface area contributed by atoms with Crippen LogP contribution in [0.3, 0.4) is 0 Å². The second kappa shape index (κ2) is 6.63. The fourth-order valence-corrected chi connectivity index (χ4v) is 3.13. The van der Waals surface area contributed by atoms with Gasteiger partial charge in [-0.1, -0.05) is 13.0 Å². The Labute approximate surface area is 140 Å². The van der Waals surface area contributed by atoms with Crippen LogP contribution in [0.5, 0.6) is 5.75 Å². The second-order valence-electron chi connectivity index (χ2n) is 6.09. The average Bonchev–Trinajstić information content (AvgIpc) is 3.10. The van der Waals surface area contributed by atoms with Crippen LogP contribution in [-0.2, 0) is 9.59 Å². The lowest BCUT2D eigenvalue weighted by molar-refractivity contribution is -0.121. The third-order valence-electron chi connectivity index (χ3n) is 4.40. The molecule has 3 rings (SSSR count). The lowest BCUT2D eigenvalue weighted by atomic mass is 10.1. The predicted octanol–water partition coefficient (Wildman–Crippen LogP) is 3.03. The van der Waals surface area contributed by atoms with Crippen LogP contribution in [0.15, 0.2) is 23.8 Å². The summed E-state index contributed by atoms with van der Waals surface area (Å²) >= 11 is 0. The number of hydrogen-bond donors (Lipinski definition) is 0. The van der Waals surface area contributed by atoms with Crippen LogP contribution in [0.2, 0.25) is 0 Å². The molecule has 0 atom stereocenters. The van der Waals surface area contributed by atoms with E-state index in [1.807, 2.05) is 13.0 Å². The van der Waals surface area contributed by atoms with Crippen molar-refractivity contribution in [2.75, 3.05) is 30.0 Å². The highest BCUT2D eigenvalue weighted by molar-refractivity contribution is 6.06. The minimum atomic E-state index is -0.533. The van der Waals surface area contributed by atoms with Gasteiger partial charge in [0.1, 0.15) is 5.75 Å². The summed E-state index contributed by atoms with van der Waals surface area (Å²) in [5.74, 6) is -0.551. The van der Waals surface area contributed by atoms with Crippen LogP contribution in [-0.4, -0.2) is 32.0 Å². The summed E-state index contributed by atoms with van der Waals surface area (Å²) in [6.07, 6.45) is 5.24. The van der Waals surface area contributed by atoms with Crippen LogP contribution in [0.4, 0.5) is 15.8 Å². The van der Waals surface area contributed by atoms with E-state index in [0.29, 0.717) is 23.6 Å². The van der Waals surface area contributed by atoms with E-state index >= 15 is 0 Å². The Morgan fingerprint density at radius 1 is 1.42 bits per heavy atom. The van der Waals surface area contributed by atoms with Gasteiger partial charge in [-0.2, -0.15) is 0 Å². The number of rotatable bonds is 4. The molecule has 2 amide bonds. The van der Waals surface area contributed by atoms with Gasteiger partial charge in [0.05, 0.1) is 11.4 Å². The molecule has 0 unspecified atom stereocenters. The van der Waals surface area contributed by atoms with Crippen molar-refractivity contribution in [3.05, 3.63) is 29.6 Å². The highest BCUT2D eigenvalue weighted by atomic mass is 19.1. The number of amides is 2. The summed E-state index contributed by atoms with van der Waals surface area (Å²) in [5.41, 5.74) is 1.39. The number of likely N-dealkylation sites (N-methyl/N-ethyl adjacent to an activating group) is 1. The molecule has 1 aromatic rings. The maximum absolute atomic E-state index is 14.5. The fraction of sp³-hybridized carbons (Fsp3) is 0.444. The summed E-state index contributed by atoms with van der Waals surface area (Å²) < 4.78 is 19.8. The number of benzene rings is 1. The molecular weight excluding hydrogens is 311 g/mol. The first kappa shape index (κ1) is 16.5. The molecule has 1 aliphatic heterocycles. The molecular formula is C18H21FN2O3. The Morgan fingerprint density at radius 3 is 2.88 bits per heavy atom. The van der Waals surface area contributed by atoms with E-state index in [2.05, 4.69) is 0 Å². The Balaban J connectivity index is 1.97. The number of allylic oxidation sites excluding steroid dienone is 1. The zero-order valence-electron chi connectivity index (χ0n) is 14.0. The summed E-state index contributed by atoms with van der Waals surface area (Å²) in [6, 6.07) is 2.79. The van der Waals surface area contributed by atoms with Crippen LogP contribution >= 0.6 is 0 Å². The fourth-order valence-electron chi connectivity index (χ4n) is 3.13. The molecule has 5 nitrogen and oxygen atoms in total. The number of anilines is 2. The van der Waals surface area contributed by atoms with Gasteiger partial charge in [-0.05, 0) is 31.7 Å². The molecule has 1 aliphatic carbocycles. The molecule has 24 heavy (non-hydrogen) atoms. The predicted molar refractivity (Wildman–Crippen MR) is 89.9 cm³/mol. The molecule has 6 heteroatoms. The molecule has 0 spiro atoms. The van der Waals surface area contributed by atoms with E-state index in [1.54, 1.807) is 11.9 Å². The standard InChI is InChI=1S/C18H21FN2O3/c1-3-8-21-15-10-14(13(19)9-16(15)24-11-17(21)22)20(2)18(23)12-6-4-5-7-12/h6,9-10H,3-5,7-8,11H2,1-2H3. The first-order chi connectivity index (χ1) is 11.5. The minimum Gasteiger partial charge on any atom is -0.481 e. The molecule has 0 saturated carbocycles. The molecule has 128 valence electrons. The van der Waals surface area contributed by atoms with Gasteiger partial charge in [0.2, 0.25) is 0 Å². The maximum atomic E-state index is 14.5. The van der Waals surface area contributed by atoms with Gasteiger partial charge in [0, 0.05) is 25.2 Å². The first-order valence-corrected chi connectivity index (χ1v) is 8.26. The topological polar surface area (TPSA) is 49.9 Å². The van der Waals surface area contributed by atoms with E-state index in [-0.39, 0.29) is 24.1 Å². The largest absolute Gasteiger partial charge is 0.481 e. The number of carbonyl (C=O) groups excluding carboxylic acids is 2. The van der Waals surface area contributed by atoms with Crippen LogP contribution in [0.25, 0.3) is 0 Å². The van der Waals surface area contributed by atoms with Crippen molar-refractivity contribution in [1.29, 1.82) is 0 Å². The highest BCUT2D eigenvalue weighted by Crippen LogP contribution is 2.38. The van der Waals surface area contributed by atoms with Gasteiger partial charge in [0.25, 0.3) is 11.8 Å². The molecule has 0 fully saturated rings. The monoisotopic (exact) mass is 332 g/mol. The minimum absolute atomic E-state index is 0.0898. The van der Waals surface area contributed by atoms with Crippen molar-refractivity contribution in [3.63, 3.8) is 0 Å². The average molecular weight is 332 g/mol. The molecule has 1 heterocycles. The zero-order valence-corrected chi connectivity index (χ0v) is 14.0. The van der Waals surface area contributed by atoms with Crippen LogP contribution < -0.4 is 14.5 Å². The van der Waals surface area contributed by atoms with Gasteiger partial charge in [-0.15, -0.1) is 0 Å². The first-order valence-electron chi connectivity index (χ1n) is 8.26. The Bertz CT molecular complexity index is 714. The maximum Gasteiger partial charge on any atom is 0.265 e. The third-order valence-corrected chi connectivity index (χ3v) is 4.40. The number of halogens is 1. The molecule has 2 aliphatic rings. The number of hydrogen-bond acceptors (Lipinski definition) is 3. The highest BCUT2D eigenvalue weighted by Gasteiger charge is 2.29. The van der Waals surface area contributed by atoms with E-state index in [1.165, 1.54) is 17.0 Å². The van der Waals surface area contributed by atoms with Gasteiger partial charge in [-0.3, -0.25) is 9.59 Å². The van der Waals surface area contributed by atoms with E-state index in [4.69, 9.17) is 4.74 Å². The molecule has 1 aromatic carbocycles. The van der Waals surface area contributed by atoms with Crippen molar-refractivity contribution in [3.8, 4) is 5.75 Å². The zero-order chi connectivity index (χ0) is 17.3. The van der Waals surface area contributed by atoms with Crippen LogP contribution in [0.1, 0.15) is 32.6 Å². The van der Waals surface area contributed by atoms with Crippen LogP contribution in [0, 0.1) is 5.82 Å². The molecule has 0 bridgehead atoms. The van der Waals surface area contributed by atoms with E-state index < -0.39 is 5.82 Å². The molecule has 0 saturated heterocycles. The quantitative estimate of drug-likeness (QED) is 0.851. The number of nitrogens with zero attached hydrogens (tertiary/aromatic N) is 2. The van der Waals surface area contributed by atoms with Gasteiger partial charge >= 0.3 is 0 Å². The molecule has 0 radical (unpaired) electrons. The molecule has 0 N–H and O–H groups in total. The second-order valence-corrected chi connectivity index (χ2v) is 6.09. The number of fused-ring (bicyclic) bond motifs is 1. The lowest BCUT2D eigenvalue weighted by Crippen LogP contribution is -2.39. The van der Waals surface area contributed by atoms with Crippen molar-refractivity contribution in [2.45, 2.75) is 32.6 Å². The SMILES string of the molecule is CCCN1C(=O)COc2cc(F)c(N(C)C(=O)C3=CCCC3)cc21. The summed E-state index contributed by atoms with van der Waals surface area (Å²) in [5, 5.41) is 0. The Hall–Kier alpha value is -2.37. The smallest absolute Gasteiger partial charge is 0.265 e. The number of ether oxygens (including phenoxy) is 1. The van der Waals surface area contributed by atoms with Crippen molar-refractivity contribution < 1.29 is 18.7 Å². The normalized spacial score (nSPS) is 16.5. The summed E-state index contributed by atoms with van der Waals surface area (Å²) in [7, 11) is 1.56. The van der Waals surface area contributed by atoms with Gasteiger partial charge < -0.3 is 14.5 Å². The van der Waals surface area contributed by atoms with E-state index in [9.17, 15) is 14.0 Å². The van der Waals surface area contributed by atoms with Crippen molar-refractivity contribution >= 4 is 23.2 Å². The lowest BCUT2D eigenvalue weighted by Gasteiger charge is -2.30. The Kier molecular flexibility index (Phi) is 4.55. The Morgan fingerprint density at radius 2 is 2.21 bits per heavy atom. The summed E-state index contributed by atoms with van der Waals surface area (Å²) in [4.78, 5) is 27.5. The van der Waals surface area contributed by atoms with Gasteiger partial charge in [-0.25, -0.2) is 4.39 Å². The van der Waals surface area contributed by atoms with Gasteiger partial charge in [0.15, 0.2) is 12.4 Å². The third kappa shape index (κ3) is 2.88. The summed E-state index contributed by atoms with van der Waals surface area (Å²) in [6.45, 7) is 2.41.